The molecule has 4 heterocycles. The number of anilines is 1. The smallest absolute Gasteiger partial charge is 0.234 e. The number of hydrogen-bond acceptors (Lipinski definition) is 4. The molecule has 1 aromatic carbocycles. The van der Waals surface area contributed by atoms with Gasteiger partial charge in [-0.1, -0.05) is 38.1 Å². The summed E-state index contributed by atoms with van der Waals surface area (Å²) in [6, 6.07) is 8.20. The second-order valence-corrected chi connectivity index (χ2v) is 9.73. The van der Waals surface area contributed by atoms with Crippen molar-refractivity contribution in [3.05, 3.63) is 42.0 Å². The van der Waals surface area contributed by atoms with E-state index in [0.717, 1.165) is 30.3 Å². The van der Waals surface area contributed by atoms with Gasteiger partial charge < -0.3 is 14.5 Å². The Morgan fingerprint density at radius 3 is 2.61 bits per heavy atom. The van der Waals surface area contributed by atoms with Crippen molar-refractivity contribution in [2.45, 2.75) is 31.5 Å². The maximum absolute atomic E-state index is 13.4. The second-order valence-electron chi connectivity index (χ2n) is 8.51. The molecular weight excluding hydrogens is 372 g/mol. The van der Waals surface area contributed by atoms with Gasteiger partial charge in [0, 0.05) is 30.3 Å². The molecule has 1 aromatic rings. The standard InChI is InChI=1S/C22H26N2O3S/c1-14(2)15-3-5-16(6-4-15)24-13-22-8-7-17(27-22)18(19(22)21(24)26)20(25)23-9-11-28-12-10-23/h3-8,14,17-19H,9-13H2,1-2H3/t17-,18?,19?,22-/m0/s1. The highest BCUT2D eigenvalue weighted by Crippen LogP contribution is 2.53. The Morgan fingerprint density at radius 1 is 1.21 bits per heavy atom. The number of amides is 2. The molecule has 2 bridgehead atoms. The lowest BCUT2D eigenvalue weighted by molar-refractivity contribution is -0.140. The summed E-state index contributed by atoms with van der Waals surface area (Å²) in [6.07, 6.45) is 3.76. The molecule has 4 aliphatic rings. The fraction of sp³-hybridized carbons (Fsp3) is 0.545. The summed E-state index contributed by atoms with van der Waals surface area (Å²) in [5, 5.41) is 0. The molecule has 2 unspecified atom stereocenters. The first-order valence-electron chi connectivity index (χ1n) is 10.2. The summed E-state index contributed by atoms with van der Waals surface area (Å²) < 4.78 is 6.27. The molecule has 5 nitrogen and oxygen atoms in total. The molecule has 3 fully saturated rings. The van der Waals surface area contributed by atoms with E-state index in [1.54, 1.807) is 0 Å². The van der Waals surface area contributed by atoms with Gasteiger partial charge in [0.25, 0.3) is 0 Å². The lowest BCUT2D eigenvalue weighted by Crippen LogP contribution is -2.48. The van der Waals surface area contributed by atoms with E-state index in [-0.39, 0.29) is 23.8 Å². The Balaban J connectivity index is 1.43. The zero-order valence-electron chi connectivity index (χ0n) is 16.3. The molecule has 0 aromatic heterocycles. The van der Waals surface area contributed by atoms with Crippen molar-refractivity contribution < 1.29 is 14.3 Å². The number of fused-ring (bicyclic) bond motifs is 1. The summed E-state index contributed by atoms with van der Waals surface area (Å²) in [7, 11) is 0. The molecule has 3 saturated heterocycles. The second kappa shape index (κ2) is 6.63. The van der Waals surface area contributed by atoms with Gasteiger partial charge in [0.05, 0.1) is 24.5 Å². The molecule has 0 radical (unpaired) electrons. The fourth-order valence-electron chi connectivity index (χ4n) is 5.03. The van der Waals surface area contributed by atoms with E-state index in [4.69, 9.17) is 4.74 Å². The van der Waals surface area contributed by atoms with Gasteiger partial charge in [-0.25, -0.2) is 0 Å². The quantitative estimate of drug-likeness (QED) is 0.735. The van der Waals surface area contributed by atoms with Gasteiger partial charge in [0.2, 0.25) is 11.8 Å². The number of benzene rings is 1. The molecule has 0 saturated carbocycles. The Labute approximate surface area is 170 Å². The predicted octanol–water partition coefficient (Wildman–Crippen LogP) is 2.67. The van der Waals surface area contributed by atoms with Crippen molar-refractivity contribution in [2.24, 2.45) is 11.8 Å². The molecule has 148 valence electrons. The van der Waals surface area contributed by atoms with Crippen molar-refractivity contribution in [3.63, 3.8) is 0 Å². The highest BCUT2D eigenvalue weighted by atomic mass is 32.2. The van der Waals surface area contributed by atoms with Crippen molar-refractivity contribution in [1.29, 1.82) is 0 Å². The summed E-state index contributed by atoms with van der Waals surface area (Å²) in [5.41, 5.74) is 1.49. The van der Waals surface area contributed by atoms with Crippen LogP contribution in [-0.4, -0.2) is 59.6 Å². The third-order valence-electron chi connectivity index (χ3n) is 6.58. The number of ether oxygens (including phenoxy) is 1. The van der Waals surface area contributed by atoms with Crippen LogP contribution in [0.5, 0.6) is 0 Å². The number of nitrogens with zero attached hydrogens (tertiary/aromatic N) is 2. The van der Waals surface area contributed by atoms with Gasteiger partial charge in [0.15, 0.2) is 0 Å². The van der Waals surface area contributed by atoms with Crippen LogP contribution in [-0.2, 0) is 14.3 Å². The lowest BCUT2D eigenvalue weighted by atomic mass is 9.76. The molecule has 4 atom stereocenters. The minimum absolute atomic E-state index is 0.0221. The van der Waals surface area contributed by atoms with Gasteiger partial charge in [-0.15, -0.1) is 0 Å². The van der Waals surface area contributed by atoms with E-state index in [1.807, 2.05) is 45.8 Å². The Bertz CT molecular complexity index is 831. The first kappa shape index (κ1) is 18.3. The molecule has 5 rings (SSSR count). The van der Waals surface area contributed by atoms with Crippen LogP contribution in [0.3, 0.4) is 0 Å². The Kier molecular flexibility index (Phi) is 4.32. The molecule has 1 spiro atoms. The largest absolute Gasteiger partial charge is 0.360 e. The zero-order valence-corrected chi connectivity index (χ0v) is 17.2. The topological polar surface area (TPSA) is 49.9 Å². The monoisotopic (exact) mass is 398 g/mol. The van der Waals surface area contributed by atoms with Gasteiger partial charge in [-0.2, -0.15) is 11.8 Å². The van der Waals surface area contributed by atoms with Gasteiger partial charge >= 0.3 is 0 Å². The van der Waals surface area contributed by atoms with Gasteiger partial charge in [-0.3, -0.25) is 9.59 Å². The SMILES string of the molecule is CC(C)c1ccc(N2C[C@]34C=C[C@H](O3)C(C(=O)N3CCSCC3)C4C2=O)cc1. The maximum atomic E-state index is 13.4. The molecule has 6 heteroatoms. The first-order valence-corrected chi connectivity index (χ1v) is 11.3. The van der Waals surface area contributed by atoms with Gasteiger partial charge in [0.1, 0.15) is 5.60 Å². The van der Waals surface area contributed by atoms with Crippen molar-refractivity contribution in [3.8, 4) is 0 Å². The van der Waals surface area contributed by atoms with Crippen LogP contribution < -0.4 is 4.90 Å². The number of carbonyl (C=O) groups excluding carboxylic acids is 2. The zero-order chi connectivity index (χ0) is 19.5. The van der Waals surface area contributed by atoms with Crippen LogP contribution >= 0.6 is 11.8 Å². The third kappa shape index (κ3) is 2.65. The number of rotatable bonds is 3. The normalized spacial score (nSPS) is 33.8. The van der Waals surface area contributed by atoms with E-state index in [9.17, 15) is 9.59 Å². The van der Waals surface area contributed by atoms with E-state index in [1.165, 1.54) is 5.56 Å². The van der Waals surface area contributed by atoms with E-state index < -0.39 is 11.5 Å². The highest BCUT2D eigenvalue weighted by molar-refractivity contribution is 7.99. The molecule has 4 aliphatic heterocycles. The third-order valence-corrected chi connectivity index (χ3v) is 7.52. The van der Waals surface area contributed by atoms with E-state index in [2.05, 4.69) is 26.0 Å². The molecule has 2 amide bonds. The molecular formula is C22H26N2O3S. The summed E-state index contributed by atoms with van der Waals surface area (Å²) in [6.45, 7) is 6.34. The van der Waals surface area contributed by atoms with Crippen molar-refractivity contribution >= 4 is 29.3 Å². The van der Waals surface area contributed by atoms with Gasteiger partial charge in [-0.05, 0) is 23.6 Å². The average molecular weight is 399 g/mol. The van der Waals surface area contributed by atoms with E-state index in [0.29, 0.717) is 12.5 Å². The number of carbonyl (C=O) groups is 2. The summed E-state index contributed by atoms with van der Waals surface area (Å²) in [4.78, 5) is 30.4. The van der Waals surface area contributed by atoms with Crippen LogP contribution in [0.4, 0.5) is 5.69 Å². The van der Waals surface area contributed by atoms with Crippen LogP contribution in [0.15, 0.2) is 36.4 Å². The van der Waals surface area contributed by atoms with E-state index >= 15 is 0 Å². The summed E-state index contributed by atoms with van der Waals surface area (Å²) >= 11 is 1.88. The van der Waals surface area contributed by atoms with Crippen molar-refractivity contribution in [2.75, 3.05) is 36.0 Å². The van der Waals surface area contributed by atoms with Crippen LogP contribution in [0.1, 0.15) is 25.3 Å². The summed E-state index contributed by atoms with van der Waals surface area (Å²) in [5.74, 6) is 1.71. The number of thioether (sulfide) groups is 1. The first-order chi connectivity index (χ1) is 13.5. The van der Waals surface area contributed by atoms with Crippen LogP contribution in [0.2, 0.25) is 0 Å². The van der Waals surface area contributed by atoms with Crippen LogP contribution in [0.25, 0.3) is 0 Å². The predicted molar refractivity (Wildman–Crippen MR) is 111 cm³/mol. The van der Waals surface area contributed by atoms with Crippen molar-refractivity contribution in [1.82, 2.24) is 4.90 Å². The molecule has 0 aliphatic carbocycles. The number of hydrogen-bond donors (Lipinski definition) is 0. The minimum atomic E-state index is -0.649. The molecule has 28 heavy (non-hydrogen) atoms. The average Bonchev–Trinajstić information content (AvgIpc) is 3.36. The Hall–Kier alpha value is -1.79. The molecule has 0 N–H and O–H groups in total. The minimum Gasteiger partial charge on any atom is -0.360 e. The highest BCUT2D eigenvalue weighted by Gasteiger charge is 2.67. The lowest BCUT2D eigenvalue weighted by Gasteiger charge is -2.32. The van der Waals surface area contributed by atoms with Crippen LogP contribution in [0, 0.1) is 11.8 Å². The fourth-order valence-corrected chi connectivity index (χ4v) is 5.94. The Morgan fingerprint density at radius 2 is 1.93 bits per heavy atom. The maximum Gasteiger partial charge on any atom is 0.234 e.